The van der Waals surface area contributed by atoms with Gasteiger partial charge in [-0.15, -0.1) is 0 Å². The molecule has 0 aliphatic rings. The molecule has 3 N–H and O–H groups in total. The third-order valence-corrected chi connectivity index (χ3v) is 2.84. The van der Waals surface area contributed by atoms with Crippen LogP contribution in [0.3, 0.4) is 0 Å². The predicted molar refractivity (Wildman–Crippen MR) is 79.4 cm³/mol. The van der Waals surface area contributed by atoms with Gasteiger partial charge >= 0.3 is 0 Å². The number of hydrogen-bond acceptors (Lipinski definition) is 4. The molecule has 112 valence electrons. The molecule has 1 aromatic rings. The van der Waals surface area contributed by atoms with Gasteiger partial charge in [0.2, 0.25) is 0 Å². The van der Waals surface area contributed by atoms with E-state index in [9.17, 15) is 0 Å². The molecule has 5 heteroatoms. The zero-order valence-corrected chi connectivity index (χ0v) is 12.3. The minimum atomic E-state index is -0.00126. The van der Waals surface area contributed by atoms with E-state index < -0.39 is 0 Å². The molecule has 0 fully saturated rings. The van der Waals surface area contributed by atoms with Crippen molar-refractivity contribution in [1.29, 1.82) is 5.41 Å². The maximum absolute atomic E-state index is 7.45. The third-order valence-electron chi connectivity index (χ3n) is 2.84. The quantitative estimate of drug-likeness (QED) is 0.392. The molecular formula is C15H24N2O3. The number of rotatable bonds is 10. The van der Waals surface area contributed by atoms with E-state index in [1.54, 1.807) is 13.2 Å². The van der Waals surface area contributed by atoms with Crippen molar-refractivity contribution in [3.63, 3.8) is 0 Å². The number of unbranched alkanes of at least 4 members (excludes halogenated alkanes) is 1. The highest BCUT2D eigenvalue weighted by Gasteiger charge is 2.06. The highest BCUT2D eigenvalue weighted by molar-refractivity contribution is 5.97. The number of methoxy groups -OCH3 is 1. The van der Waals surface area contributed by atoms with Gasteiger partial charge in [-0.3, -0.25) is 5.41 Å². The van der Waals surface area contributed by atoms with E-state index in [0.717, 1.165) is 25.0 Å². The molecule has 0 radical (unpaired) electrons. The Morgan fingerprint density at radius 1 is 1.20 bits per heavy atom. The van der Waals surface area contributed by atoms with Gasteiger partial charge in [-0.05, 0) is 24.1 Å². The van der Waals surface area contributed by atoms with Gasteiger partial charge < -0.3 is 19.9 Å². The van der Waals surface area contributed by atoms with Gasteiger partial charge in [-0.1, -0.05) is 19.4 Å². The molecule has 1 aromatic carbocycles. The van der Waals surface area contributed by atoms with E-state index in [4.69, 9.17) is 25.4 Å². The van der Waals surface area contributed by atoms with Gasteiger partial charge in [0, 0.05) is 6.61 Å². The molecule has 0 atom stereocenters. The fourth-order valence-corrected chi connectivity index (χ4v) is 1.70. The monoisotopic (exact) mass is 280 g/mol. The summed E-state index contributed by atoms with van der Waals surface area (Å²) < 4.78 is 16.2. The SMILES string of the molecule is CCCCOCCOCc1ccc(C(=N)N)c(OC)c1. The topological polar surface area (TPSA) is 77.6 Å². The fourth-order valence-electron chi connectivity index (χ4n) is 1.70. The standard InChI is InChI=1S/C15H24N2O3/c1-3-4-7-19-8-9-20-11-12-5-6-13(15(16)17)14(10-12)18-2/h5-6,10H,3-4,7-9,11H2,1-2H3,(H3,16,17). The number of nitrogens with two attached hydrogens (primary N) is 1. The van der Waals surface area contributed by atoms with Crippen molar-refractivity contribution in [2.45, 2.75) is 26.4 Å². The number of ether oxygens (including phenoxy) is 3. The van der Waals surface area contributed by atoms with Crippen molar-refractivity contribution in [3.05, 3.63) is 29.3 Å². The lowest BCUT2D eigenvalue weighted by molar-refractivity contribution is 0.0396. The molecule has 0 amide bonds. The number of nitrogens with one attached hydrogen (secondary N) is 1. The second-order valence-electron chi connectivity index (χ2n) is 4.47. The molecule has 0 saturated heterocycles. The molecule has 0 unspecified atom stereocenters. The Kier molecular flexibility index (Phi) is 7.69. The molecule has 0 aromatic heterocycles. The van der Waals surface area contributed by atoms with Gasteiger partial charge in [-0.25, -0.2) is 0 Å². The minimum Gasteiger partial charge on any atom is -0.496 e. The van der Waals surface area contributed by atoms with E-state index in [1.807, 2.05) is 12.1 Å². The van der Waals surface area contributed by atoms with Crippen molar-refractivity contribution in [3.8, 4) is 5.75 Å². The van der Waals surface area contributed by atoms with E-state index in [-0.39, 0.29) is 5.84 Å². The molecule has 0 aliphatic heterocycles. The highest BCUT2D eigenvalue weighted by Crippen LogP contribution is 2.20. The van der Waals surface area contributed by atoms with E-state index in [2.05, 4.69) is 6.92 Å². The third kappa shape index (κ3) is 5.59. The summed E-state index contributed by atoms with van der Waals surface area (Å²) >= 11 is 0. The van der Waals surface area contributed by atoms with Crippen LogP contribution in [0.15, 0.2) is 18.2 Å². The minimum absolute atomic E-state index is 0.00126. The fraction of sp³-hybridized carbons (Fsp3) is 0.533. The lowest BCUT2D eigenvalue weighted by Gasteiger charge is -2.10. The van der Waals surface area contributed by atoms with Crippen molar-refractivity contribution in [2.24, 2.45) is 5.73 Å². The van der Waals surface area contributed by atoms with Crippen LogP contribution in [-0.4, -0.2) is 32.8 Å². The maximum Gasteiger partial charge on any atom is 0.130 e. The van der Waals surface area contributed by atoms with Crippen LogP contribution in [-0.2, 0) is 16.1 Å². The zero-order chi connectivity index (χ0) is 14.8. The van der Waals surface area contributed by atoms with E-state index >= 15 is 0 Å². The van der Waals surface area contributed by atoms with Crippen molar-refractivity contribution in [2.75, 3.05) is 26.9 Å². The Labute approximate surface area is 120 Å². The largest absolute Gasteiger partial charge is 0.496 e. The molecule has 0 aliphatic carbocycles. The maximum atomic E-state index is 7.45. The zero-order valence-electron chi connectivity index (χ0n) is 12.3. The molecule has 20 heavy (non-hydrogen) atoms. The van der Waals surface area contributed by atoms with Gasteiger partial charge in [0.05, 0.1) is 32.5 Å². The van der Waals surface area contributed by atoms with Crippen LogP contribution >= 0.6 is 0 Å². The first-order valence-corrected chi connectivity index (χ1v) is 6.85. The number of nitrogen functional groups attached to an aromatic ring is 1. The summed E-state index contributed by atoms with van der Waals surface area (Å²) in [5.74, 6) is 0.594. The lowest BCUT2D eigenvalue weighted by Crippen LogP contribution is -2.13. The van der Waals surface area contributed by atoms with Crippen molar-refractivity contribution in [1.82, 2.24) is 0 Å². The van der Waals surface area contributed by atoms with Gasteiger partial charge in [0.15, 0.2) is 0 Å². The second kappa shape index (κ2) is 9.34. The molecule has 0 heterocycles. The summed E-state index contributed by atoms with van der Waals surface area (Å²) in [5, 5.41) is 7.45. The Morgan fingerprint density at radius 3 is 2.60 bits per heavy atom. The predicted octanol–water partition coefficient (Wildman–Crippen LogP) is 2.31. The molecule has 0 bridgehead atoms. The van der Waals surface area contributed by atoms with Crippen LogP contribution in [0.25, 0.3) is 0 Å². The van der Waals surface area contributed by atoms with Crippen LogP contribution in [0.2, 0.25) is 0 Å². The smallest absolute Gasteiger partial charge is 0.130 e. The molecule has 1 rings (SSSR count). The Hall–Kier alpha value is -1.59. The normalized spacial score (nSPS) is 10.5. The molecule has 0 saturated carbocycles. The van der Waals surface area contributed by atoms with Crippen molar-refractivity contribution >= 4 is 5.84 Å². The van der Waals surface area contributed by atoms with Gasteiger partial charge in [0.1, 0.15) is 11.6 Å². The Morgan fingerprint density at radius 2 is 1.95 bits per heavy atom. The van der Waals surface area contributed by atoms with Crippen molar-refractivity contribution < 1.29 is 14.2 Å². The van der Waals surface area contributed by atoms with Crippen LogP contribution in [0.1, 0.15) is 30.9 Å². The highest BCUT2D eigenvalue weighted by atomic mass is 16.5. The first kappa shape index (κ1) is 16.5. The second-order valence-corrected chi connectivity index (χ2v) is 4.47. The molecular weight excluding hydrogens is 256 g/mol. The first-order valence-electron chi connectivity index (χ1n) is 6.85. The average Bonchev–Trinajstić information content (AvgIpc) is 2.45. The molecule has 5 nitrogen and oxygen atoms in total. The number of benzene rings is 1. The summed E-state index contributed by atoms with van der Waals surface area (Å²) in [7, 11) is 1.56. The average molecular weight is 280 g/mol. The number of amidine groups is 1. The van der Waals surface area contributed by atoms with Gasteiger partial charge in [-0.2, -0.15) is 0 Å². The Balaban J connectivity index is 2.35. The van der Waals surface area contributed by atoms with Gasteiger partial charge in [0.25, 0.3) is 0 Å². The van der Waals surface area contributed by atoms with Crippen LogP contribution < -0.4 is 10.5 Å². The van der Waals surface area contributed by atoms with Crippen LogP contribution in [0.4, 0.5) is 0 Å². The van der Waals surface area contributed by atoms with E-state index in [1.165, 1.54) is 0 Å². The summed E-state index contributed by atoms with van der Waals surface area (Å²) in [4.78, 5) is 0. The molecule has 0 spiro atoms. The number of hydrogen-bond donors (Lipinski definition) is 2. The van der Waals surface area contributed by atoms with Crippen LogP contribution in [0, 0.1) is 5.41 Å². The lowest BCUT2D eigenvalue weighted by atomic mass is 10.1. The van der Waals surface area contributed by atoms with E-state index in [0.29, 0.717) is 31.1 Å². The summed E-state index contributed by atoms with van der Waals surface area (Å²) in [5.41, 5.74) is 7.06. The summed E-state index contributed by atoms with van der Waals surface area (Å²) in [6, 6.07) is 5.50. The Bertz CT molecular complexity index is 422. The van der Waals surface area contributed by atoms with Crippen LogP contribution in [0.5, 0.6) is 5.75 Å². The summed E-state index contributed by atoms with van der Waals surface area (Å²) in [6.45, 7) is 4.60. The first-order chi connectivity index (χ1) is 9.69. The summed E-state index contributed by atoms with van der Waals surface area (Å²) in [6.07, 6.45) is 2.23.